The lowest BCUT2D eigenvalue weighted by atomic mass is 10.00. The Morgan fingerprint density at radius 1 is 0.973 bits per heavy atom. The summed E-state index contributed by atoms with van der Waals surface area (Å²) in [7, 11) is 3.18. The number of aromatic amines is 1. The van der Waals surface area contributed by atoms with Crippen LogP contribution in [0, 0.1) is 11.3 Å². The second-order valence-corrected chi connectivity index (χ2v) is 9.04. The van der Waals surface area contributed by atoms with Gasteiger partial charge in [0.2, 0.25) is 0 Å². The number of hydrogen-bond donors (Lipinski definition) is 2. The zero-order chi connectivity index (χ0) is 26.4. The third kappa shape index (κ3) is 5.87. The van der Waals surface area contributed by atoms with Crippen LogP contribution in [-0.4, -0.2) is 37.3 Å². The van der Waals surface area contributed by atoms with Crippen molar-refractivity contribution in [1.82, 2.24) is 10.3 Å². The zero-order valence-corrected chi connectivity index (χ0v) is 21.5. The van der Waals surface area contributed by atoms with Crippen molar-refractivity contribution in [2.45, 2.75) is 38.8 Å². The van der Waals surface area contributed by atoms with Gasteiger partial charge in [-0.15, -0.1) is 0 Å². The van der Waals surface area contributed by atoms with Crippen molar-refractivity contribution in [3.8, 4) is 34.4 Å². The number of carbonyl (C=O) groups is 1. The predicted molar refractivity (Wildman–Crippen MR) is 144 cm³/mol. The first-order valence-electron chi connectivity index (χ1n) is 12.2. The molecule has 1 unspecified atom stereocenters. The van der Waals surface area contributed by atoms with Gasteiger partial charge in [0.15, 0.2) is 11.5 Å². The topological polar surface area (TPSA) is 96.4 Å². The highest BCUT2D eigenvalue weighted by Crippen LogP contribution is 2.34. The molecule has 1 amide bonds. The maximum Gasteiger partial charge on any atom is 0.255 e. The number of para-hydroxylation sites is 1. The van der Waals surface area contributed by atoms with E-state index in [-0.39, 0.29) is 24.5 Å². The first-order valence-corrected chi connectivity index (χ1v) is 12.2. The molecule has 4 aromatic rings. The fourth-order valence-corrected chi connectivity index (χ4v) is 4.37. The summed E-state index contributed by atoms with van der Waals surface area (Å²) in [6.07, 6.45) is 2.53. The second-order valence-electron chi connectivity index (χ2n) is 9.04. The summed E-state index contributed by atoms with van der Waals surface area (Å²) in [6.45, 7) is 3.83. The monoisotopic (exact) mass is 497 g/mol. The van der Waals surface area contributed by atoms with Gasteiger partial charge in [-0.05, 0) is 67.3 Å². The molecular formula is C30H31N3O4. The van der Waals surface area contributed by atoms with Gasteiger partial charge in [-0.3, -0.25) is 4.79 Å². The largest absolute Gasteiger partial charge is 0.493 e. The van der Waals surface area contributed by atoms with Crippen LogP contribution in [0.25, 0.3) is 22.0 Å². The Morgan fingerprint density at radius 3 is 2.38 bits per heavy atom. The third-order valence-electron chi connectivity index (χ3n) is 6.12. The summed E-state index contributed by atoms with van der Waals surface area (Å²) in [6, 6.07) is 21.0. The maximum atomic E-state index is 13.6. The fourth-order valence-electron chi connectivity index (χ4n) is 4.37. The van der Waals surface area contributed by atoms with Gasteiger partial charge in [0.05, 0.1) is 38.4 Å². The number of rotatable bonds is 10. The van der Waals surface area contributed by atoms with Crippen LogP contribution < -0.4 is 19.5 Å². The van der Waals surface area contributed by atoms with E-state index in [0.29, 0.717) is 29.2 Å². The minimum absolute atomic E-state index is 0.111. The molecule has 0 aliphatic rings. The standard InChI is InChI=1S/C30H31N3O4/c1-19(2)37-27-11-9-20(21-10-12-28(35-3)29(17-21)36-4)16-25(27)30(34)33-23(13-14-31)15-22-18-32-26-8-6-5-7-24(22)26/h5-12,16-19,23,32H,13,15H2,1-4H3,(H,33,34). The van der Waals surface area contributed by atoms with Crippen LogP contribution in [0.5, 0.6) is 17.2 Å². The average Bonchev–Trinajstić information content (AvgIpc) is 3.31. The highest BCUT2D eigenvalue weighted by molar-refractivity contribution is 5.98. The number of nitriles is 1. The summed E-state index contributed by atoms with van der Waals surface area (Å²) < 4.78 is 16.8. The molecule has 0 radical (unpaired) electrons. The third-order valence-corrected chi connectivity index (χ3v) is 6.12. The Balaban J connectivity index is 1.65. The number of H-pyrrole nitrogens is 1. The molecule has 0 aliphatic heterocycles. The first kappa shape index (κ1) is 25.6. The number of ether oxygens (including phenoxy) is 3. The molecule has 190 valence electrons. The van der Waals surface area contributed by atoms with Crippen molar-refractivity contribution < 1.29 is 19.0 Å². The number of nitrogens with zero attached hydrogens (tertiary/aromatic N) is 1. The Hall–Kier alpha value is -4.44. The molecule has 0 fully saturated rings. The summed E-state index contributed by atoms with van der Waals surface area (Å²) in [5, 5.41) is 13.6. The molecule has 1 aromatic heterocycles. The highest BCUT2D eigenvalue weighted by atomic mass is 16.5. The molecule has 2 N–H and O–H groups in total. The van der Waals surface area contributed by atoms with Gasteiger partial charge >= 0.3 is 0 Å². The molecule has 0 saturated heterocycles. The lowest BCUT2D eigenvalue weighted by Crippen LogP contribution is -2.36. The van der Waals surface area contributed by atoms with Crippen LogP contribution in [-0.2, 0) is 6.42 Å². The summed E-state index contributed by atoms with van der Waals surface area (Å²) in [5.74, 6) is 1.42. The van der Waals surface area contributed by atoms with E-state index in [4.69, 9.17) is 14.2 Å². The molecule has 0 spiro atoms. The maximum absolute atomic E-state index is 13.6. The van der Waals surface area contributed by atoms with Gasteiger partial charge in [-0.25, -0.2) is 0 Å². The SMILES string of the molecule is COc1ccc(-c2ccc(OC(C)C)c(C(=O)NC(CC#N)Cc3c[nH]c4ccccc34)c2)cc1OC. The summed E-state index contributed by atoms with van der Waals surface area (Å²) >= 11 is 0. The van der Waals surface area contributed by atoms with Gasteiger partial charge in [0, 0.05) is 23.1 Å². The number of methoxy groups -OCH3 is 2. The summed E-state index contributed by atoms with van der Waals surface area (Å²) in [4.78, 5) is 16.8. The molecule has 1 heterocycles. The van der Waals surface area contributed by atoms with E-state index in [1.54, 1.807) is 20.3 Å². The van der Waals surface area contributed by atoms with E-state index in [0.717, 1.165) is 27.6 Å². The fraction of sp³-hybridized carbons (Fsp3) is 0.267. The number of benzene rings is 3. The van der Waals surface area contributed by atoms with Gasteiger partial charge in [0.25, 0.3) is 5.91 Å². The normalized spacial score (nSPS) is 11.7. The first-order chi connectivity index (χ1) is 17.9. The van der Waals surface area contributed by atoms with E-state index < -0.39 is 0 Å². The number of aromatic nitrogens is 1. The van der Waals surface area contributed by atoms with E-state index in [1.165, 1.54) is 0 Å². The van der Waals surface area contributed by atoms with E-state index in [2.05, 4.69) is 16.4 Å². The Kier molecular flexibility index (Phi) is 7.99. The van der Waals surface area contributed by atoms with Crippen LogP contribution >= 0.6 is 0 Å². The van der Waals surface area contributed by atoms with E-state index in [1.807, 2.05) is 74.6 Å². The van der Waals surface area contributed by atoms with Crippen molar-refractivity contribution in [3.63, 3.8) is 0 Å². The van der Waals surface area contributed by atoms with Gasteiger partial charge in [0.1, 0.15) is 5.75 Å². The lowest BCUT2D eigenvalue weighted by Gasteiger charge is -2.19. The molecule has 0 saturated carbocycles. The van der Waals surface area contributed by atoms with Crippen molar-refractivity contribution in [3.05, 3.63) is 78.0 Å². The quantitative estimate of drug-likeness (QED) is 0.285. The molecule has 4 rings (SSSR count). The van der Waals surface area contributed by atoms with Crippen molar-refractivity contribution in [1.29, 1.82) is 5.26 Å². The molecule has 0 bridgehead atoms. The van der Waals surface area contributed by atoms with Crippen LogP contribution in [0.3, 0.4) is 0 Å². The molecule has 37 heavy (non-hydrogen) atoms. The van der Waals surface area contributed by atoms with Crippen LogP contribution in [0.1, 0.15) is 36.2 Å². The minimum Gasteiger partial charge on any atom is -0.493 e. The predicted octanol–water partition coefficient (Wildman–Crippen LogP) is 5.89. The minimum atomic E-state index is -0.367. The summed E-state index contributed by atoms with van der Waals surface area (Å²) in [5.41, 5.74) is 4.18. The number of fused-ring (bicyclic) bond motifs is 1. The number of amides is 1. The number of carbonyl (C=O) groups excluding carboxylic acids is 1. The van der Waals surface area contributed by atoms with Crippen molar-refractivity contribution >= 4 is 16.8 Å². The average molecular weight is 498 g/mol. The van der Waals surface area contributed by atoms with Crippen molar-refractivity contribution in [2.75, 3.05) is 14.2 Å². The van der Waals surface area contributed by atoms with Gasteiger partial charge in [-0.2, -0.15) is 5.26 Å². The smallest absolute Gasteiger partial charge is 0.255 e. The molecule has 7 heteroatoms. The van der Waals surface area contributed by atoms with Crippen LogP contribution in [0.4, 0.5) is 0 Å². The van der Waals surface area contributed by atoms with E-state index in [9.17, 15) is 10.1 Å². The van der Waals surface area contributed by atoms with E-state index >= 15 is 0 Å². The van der Waals surface area contributed by atoms with Gasteiger partial charge in [-0.1, -0.05) is 30.3 Å². The van der Waals surface area contributed by atoms with Crippen LogP contribution in [0.2, 0.25) is 0 Å². The molecule has 1 atom stereocenters. The zero-order valence-electron chi connectivity index (χ0n) is 21.5. The Bertz CT molecular complexity index is 1430. The number of hydrogen-bond acceptors (Lipinski definition) is 5. The van der Waals surface area contributed by atoms with Crippen molar-refractivity contribution in [2.24, 2.45) is 0 Å². The Morgan fingerprint density at radius 2 is 1.68 bits per heavy atom. The molecule has 7 nitrogen and oxygen atoms in total. The molecule has 0 aliphatic carbocycles. The highest BCUT2D eigenvalue weighted by Gasteiger charge is 2.21. The molecular weight excluding hydrogens is 466 g/mol. The van der Waals surface area contributed by atoms with Gasteiger partial charge < -0.3 is 24.5 Å². The molecule has 3 aromatic carbocycles. The number of nitrogens with one attached hydrogen (secondary N) is 2. The lowest BCUT2D eigenvalue weighted by molar-refractivity contribution is 0.0931. The van der Waals surface area contributed by atoms with Crippen LogP contribution in [0.15, 0.2) is 66.9 Å². The second kappa shape index (κ2) is 11.5. The Labute approximate surface area is 217 Å².